The fourth-order valence-corrected chi connectivity index (χ4v) is 2.74. The molecule has 3 rings (SSSR count). The van der Waals surface area contributed by atoms with E-state index in [1.165, 1.54) is 17.2 Å². The van der Waals surface area contributed by atoms with E-state index in [2.05, 4.69) is 10.3 Å². The highest BCUT2D eigenvalue weighted by atomic mass is 16.2. The van der Waals surface area contributed by atoms with Crippen LogP contribution in [0.25, 0.3) is 0 Å². The standard InChI is InChI=1S/C22H21N3O2/c1-16-7-6-8-17(13-16)15-24-21(26)18-11-12-23-20(14-18)22(27)25(2)19-9-4-3-5-10-19/h3-14H,15H2,1-2H3,(H,24,26). The van der Waals surface area contributed by atoms with E-state index in [1.807, 2.05) is 61.5 Å². The molecule has 0 atom stereocenters. The predicted octanol–water partition coefficient (Wildman–Crippen LogP) is 3.60. The van der Waals surface area contributed by atoms with Gasteiger partial charge in [-0.05, 0) is 36.8 Å². The van der Waals surface area contributed by atoms with Gasteiger partial charge in [-0.25, -0.2) is 0 Å². The third kappa shape index (κ3) is 4.58. The second-order valence-corrected chi connectivity index (χ2v) is 6.30. The van der Waals surface area contributed by atoms with Gasteiger partial charge in [0.25, 0.3) is 11.8 Å². The van der Waals surface area contributed by atoms with Gasteiger partial charge in [-0.15, -0.1) is 0 Å². The summed E-state index contributed by atoms with van der Waals surface area (Å²) in [5.41, 5.74) is 3.56. The second kappa shape index (κ2) is 8.27. The number of hydrogen-bond acceptors (Lipinski definition) is 3. The van der Waals surface area contributed by atoms with Crippen molar-refractivity contribution in [2.75, 3.05) is 11.9 Å². The Labute approximate surface area is 158 Å². The van der Waals surface area contributed by atoms with Crippen LogP contribution in [0.5, 0.6) is 0 Å². The Morgan fingerprint density at radius 3 is 2.52 bits per heavy atom. The summed E-state index contributed by atoms with van der Waals surface area (Å²) in [6.45, 7) is 2.44. The number of carbonyl (C=O) groups is 2. The van der Waals surface area contributed by atoms with Gasteiger partial charge >= 0.3 is 0 Å². The minimum atomic E-state index is -0.269. The van der Waals surface area contributed by atoms with Crippen LogP contribution in [-0.4, -0.2) is 23.8 Å². The van der Waals surface area contributed by atoms with E-state index >= 15 is 0 Å². The molecule has 0 bridgehead atoms. The van der Waals surface area contributed by atoms with Crippen molar-refractivity contribution >= 4 is 17.5 Å². The largest absolute Gasteiger partial charge is 0.348 e. The summed E-state index contributed by atoms with van der Waals surface area (Å²) >= 11 is 0. The summed E-state index contributed by atoms with van der Waals surface area (Å²) in [6, 6.07) is 20.4. The van der Waals surface area contributed by atoms with E-state index in [4.69, 9.17) is 0 Å². The molecular formula is C22H21N3O2. The molecule has 136 valence electrons. The van der Waals surface area contributed by atoms with Crippen LogP contribution < -0.4 is 10.2 Å². The average molecular weight is 359 g/mol. The Kier molecular flexibility index (Phi) is 5.61. The Morgan fingerprint density at radius 1 is 1.00 bits per heavy atom. The number of aromatic nitrogens is 1. The number of pyridine rings is 1. The summed E-state index contributed by atoms with van der Waals surface area (Å²) in [6.07, 6.45) is 1.48. The zero-order valence-corrected chi connectivity index (χ0v) is 15.3. The van der Waals surface area contributed by atoms with Crippen molar-refractivity contribution in [1.82, 2.24) is 10.3 Å². The Hall–Kier alpha value is -3.47. The van der Waals surface area contributed by atoms with Crippen molar-refractivity contribution in [3.8, 4) is 0 Å². The number of nitrogens with zero attached hydrogens (tertiary/aromatic N) is 2. The third-order valence-electron chi connectivity index (χ3n) is 4.22. The zero-order chi connectivity index (χ0) is 19.2. The monoisotopic (exact) mass is 359 g/mol. The van der Waals surface area contributed by atoms with E-state index < -0.39 is 0 Å². The molecule has 0 saturated heterocycles. The minimum absolute atomic E-state index is 0.226. The molecule has 0 radical (unpaired) electrons. The molecule has 0 aliphatic carbocycles. The first-order valence-corrected chi connectivity index (χ1v) is 8.67. The van der Waals surface area contributed by atoms with E-state index in [1.54, 1.807) is 13.1 Å². The van der Waals surface area contributed by atoms with Crippen LogP contribution in [-0.2, 0) is 6.54 Å². The molecule has 27 heavy (non-hydrogen) atoms. The molecule has 0 saturated carbocycles. The number of aryl methyl sites for hydroxylation is 1. The normalized spacial score (nSPS) is 10.3. The highest BCUT2D eigenvalue weighted by Crippen LogP contribution is 2.14. The van der Waals surface area contributed by atoms with Gasteiger partial charge in [0.2, 0.25) is 0 Å². The number of rotatable bonds is 5. The van der Waals surface area contributed by atoms with Gasteiger partial charge in [0.05, 0.1) is 0 Å². The number of nitrogens with one attached hydrogen (secondary N) is 1. The smallest absolute Gasteiger partial charge is 0.276 e. The molecule has 0 unspecified atom stereocenters. The van der Waals surface area contributed by atoms with Crippen molar-refractivity contribution in [3.63, 3.8) is 0 Å². The van der Waals surface area contributed by atoms with Gasteiger partial charge in [-0.1, -0.05) is 48.0 Å². The molecule has 1 N–H and O–H groups in total. The third-order valence-corrected chi connectivity index (χ3v) is 4.22. The summed E-state index contributed by atoms with van der Waals surface area (Å²) in [7, 11) is 1.68. The highest BCUT2D eigenvalue weighted by molar-refractivity contribution is 6.06. The number of benzene rings is 2. The lowest BCUT2D eigenvalue weighted by Crippen LogP contribution is -2.28. The molecule has 0 spiro atoms. The Morgan fingerprint density at radius 2 is 1.78 bits per heavy atom. The van der Waals surface area contributed by atoms with Crippen molar-refractivity contribution in [2.45, 2.75) is 13.5 Å². The first-order chi connectivity index (χ1) is 13.0. The second-order valence-electron chi connectivity index (χ2n) is 6.30. The molecule has 2 aromatic carbocycles. The summed E-state index contributed by atoms with van der Waals surface area (Å²) in [4.78, 5) is 30.8. The van der Waals surface area contributed by atoms with E-state index in [0.29, 0.717) is 12.1 Å². The van der Waals surface area contributed by atoms with Gasteiger partial charge in [0.15, 0.2) is 0 Å². The molecule has 0 fully saturated rings. The van der Waals surface area contributed by atoms with Gasteiger partial charge in [-0.3, -0.25) is 14.6 Å². The molecule has 3 aromatic rings. The Balaban J connectivity index is 1.71. The minimum Gasteiger partial charge on any atom is -0.348 e. The van der Waals surface area contributed by atoms with Gasteiger partial charge in [-0.2, -0.15) is 0 Å². The SMILES string of the molecule is Cc1cccc(CNC(=O)c2ccnc(C(=O)N(C)c3ccccc3)c2)c1. The quantitative estimate of drug-likeness (QED) is 0.757. The lowest BCUT2D eigenvalue weighted by Gasteiger charge is -2.17. The lowest BCUT2D eigenvalue weighted by molar-refractivity contribution is 0.0950. The van der Waals surface area contributed by atoms with Gasteiger partial charge < -0.3 is 10.2 Å². The predicted molar refractivity (Wildman–Crippen MR) is 106 cm³/mol. The van der Waals surface area contributed by atoms with Crippen molar-refractivity contribution in [3.05, 3.63) is 95.3 Å². The van der Waals surface area contributed by atoms with Gasteiger partial charge in [0.1, 0.15) is 5.69 Å². The number of anilines is 1. The fourth-order valence-electron chi connectivity index (χ4n) is 2.74. The van der Waals surface area contributed by atoms with E-state index in [9.17, 15) is 9.59 Å². The summed E-state index contributed by atoms with van der Waals surface area (Å²) in [5.74, 6) is -0.509. The zero-order valence-electron chi connectivity index (χ0n) is 15.3. The fraction of sp³-hybridized carbons (Fsp3) is 0.136. The van der Waals surface area contributed by atoms with Crippen LogP contribution in [0.3, 0.4) is 0 Å². The maximum Gasteiger partial charge on any atom is 0.276 e. The van der Waals surface area contributed by atoms with Crippen LogP contribution in [0.4, 0.5) is 5.69 Å². The number of hydrogen-bond donors (Lipinski definition) is 1. The molecule has 5 nitrogen and oxygen atoms in total. The molecule has 0 aliphatic heterocycles. The molecule has 5 heteroatoms. The highest BCUT2D eigenvalue weighted by Gasteiger charge is 2.16. The molecular weight excluding hydrogens is 338 g/mol. The maximum atomic E-state index is 12.7. The number of carbonyl (C=O) groups excluding carboxylic acids is 2. The summed E-state index contributed by atoms with van der Waals surface area (Å²) in [5, 5.41) is 2.88. The maximum absolute atomic E-state index is 12.7. The molecule has 0 aliphatic rings. The van der Waals surface area contributed by atoms with Crippen LogP contribution in [0.2, 0.25) is 0 Å². The first-order valence-electron chi connectivity index (χ1n) is 8.67. The van der Waals surface area contributed by atoms with Gasteiger partial charge in [0, 0.05) is 31.0 Å². The molecule has 1 heterocycles. The van der Waals surface area contributed by atoms with Crippen LogP contribution >= 0.6 is 0 Å². The van der Waals surface area contributed by atoms with E-state index in [-0.39, 0.29) is 17.5 Å². The molecule has 2 amide bonds. The number of amides is 2. The van der Waals surface area contributed by atoms with Crippen molar-refractivity contribution in [2.24, 2.45) is 0 Å². The van der Waals surface area contributed by atoms with Crippen molar-refractivity contribution in [1.29, 1.82) is 0 Å². The number of para-hydroxylation sites is 1. The van der Waals surface area contributed by atoms with Crippen LogP contribution in [0.1, 0.15) is 32.0 Å². The first kappa shape index (κ1) is 18.3. The van der Waals surface area contributed by atoms with E-state index in [0.717, 1.165) is 16.8 Å². The van der Waals surface area contributed by atoms with Crippen LogP contribution in [0, 0.1) is 6.92 Å². The lowest BCUT2D eigenvalue weighted by atomic mass is 10.1. The van der Waals surface area contributed by atoms with Crippen LogP contribution in [0.15, 0.2) is 72.9 Å². The molecule has 1 aromatic heterocycles. The van der Waals surface area contributed by atoms with Crippen molar-refractivity contribution < 1.29 is 9.59 Å². The average Bonchev–Trinajstić information content (AvgIpc) is 2.71. The summed E-state index contributed by atoms with van der Waals surface area (Å²) < 4.78 is 0. The topological polar surface area (TPSA) is 62.3 Å². The Bertz CT molecular complexity index is 955.